The van der Waals surface area contributed by atoms with Crippen LogP contribution in [0.5, 0.6) is 0 Å². The van der Waals surface area contributed by atoms with E-state index in [0.717, 1.165) is 34.9 Å². The molecule has 1 heterocycles. The highest BCUT2D eigenvalue weighted by atomic mass is 14.9. The molecule has 1 aromatic carbocycles. The van der Waals surface area contributed by atoms with E-state index < -0.39 is 0 Å². The molecule has 0 fully saturated rings. The first-order valence-corrected chi connectivity index (χ1v) is 5.68. The molecule has 0 saturated carbocycles. The van der Waals surface area contributed by atoms with Crippen molar-refractivity contribution in [2.24, 2.45) is 0 Å². The summed E-state index contributed by atoms with van der Waals surface area (Å²) in [6.45, 7) is 4.72. The van der Waals surface area contributed by atoms with Crippen LogP contribution in [0.2, 0.25) is 0 Å². The van der Waals surface area contributed by atoms with E-state index in [0.29, 0.717) is 0 Å². The van der Waals surface area contributed by atoms with E-state index in [1.54, 1.807) is 0 Å². The second kappa shape index (κ2) is 4.87. The predicted molar refractivity (Wildman–Crippen MR) is 71.9 cm³/mol. The minimum Gasteiger partial charge on any atom is -0.398 e. The van der Waals surface area contributed by atoms with E-state index in [2.05, 4.69) is 16.4 Å². The number of rotatable bonds is 3. The van der Waals surface area contributed by atoms with Crippen molar-refractivity contribution >= 4 is 11.4 Å². The molecule has 0 aliphatic carbocycles. The fraction of sp³-hybridized carbons (Fsp3) is 0.214. The second-order valence-corrected chi connectivity index (χ2v) is 4.14. The van der Waals surface area contributed by atoms with Gasteiger partial charge in [0.05, 0.1) is 11.4 Å². The van der Waals surface area contributed by atoms with Crippen molar-refractivity contribution in [2.75, 3.05) is 11.1 Å². The van der Waals surface area contributed by atoms with Crippen LogP contribution in [0.4, 0.5) is 11.4 Å². The first kappa shape index (κ1) is 11.5. The Morgan fingerprint density at radius 2 is 1.88 bits per heavy atom. The average molecular weight is 227 g/mol. The summed E-state index contributed by atoms with van der Waals surface area (Å²) in [6, 6.07) is 11.9. The molecule has 0 spiro atoms. The van der Waals surface area contributed by atoms with Gasteiger partial charge in [-0.3, -0.25) is 4.98 Å². The van der Waals surface area contributed by atoms with Gasteiger partial charge in [-0.25, -0.2) is 0 Å². The predicted octanol–water partition coefficient (Wildman–Crippen LogP) is 2.89. The Balaban J connectivity index is 2.10. The molecular formula is C14H17N3. The maximum atomic E-state index is 5.89. The number of hydrogen-bond acceptors (Lipinski definition) is 3. The van der Waals surface area contributed by atoms with Crippen LogP contribution >= 0.6 is 0 Å². The minimum absolute atomic E-state index is 0.720. The lowest BCUT2D eigenvalue weighted by Gasteiger charge is -2.11. The summed E-state index contributed by atoms with van der Waals surface area (Å²) in [6.07, 6.45) is 0. The first-order valence-electron chi connectivity index (χ1n) is 5.68. The van der Waals surface area contributed by atoms with Crippen LogP contribution in [0.3, 0.4) is 0 Å². The third-order valence-corrected chi connectivity index (χ3v) is 2.75. The molecule has 0 atom stereocenters. The molecule has 0 aliphatic rings. The fourth-order valence-electron chi connectivity index (χ4n) is 1.76. The highest BCUT2D eigenvalue weighted by Crippen LogP contribution is 2.16. The number of benzene rings is 1. The van der Waals surface area contributed by atoms with Crippen LogP contribution in [0.15, 0.2) is 36.4 Å². The van der Waals surface area contributed by atoms with Gasteiger partial charge in [-0.15, -0.1) is 0 Å². The van der Waals surface area contributed by atoms with Crippen LogP contribution in [-0.2, 0) is 6.54 Å². The maximum absolute atomic E-state index is 5.89. The molecule has 3 heteroatoms. The Morgan fingerprint density at radius 3 is 2.59 bits per heavy atom. The molecule has 0 radical (unpaired) electrons. The summed E-state index contributed by atoms with van der Waals surface area (Å²) in [5, 5.41) is 3.35. The van der Waals surface area contributed by atoms with Crippen molar-refractivity contribution in [3.05, 3.63) is 53.3 Å². The summed E-state index contributed by atoms with van der Waals surface area (Å²) in [4.78, 5) is 4.41. The smallest absolute Gasteiger partial charge is 0.0606 e. The summed E-state index contributed by atoms with van der Waals surface area (Å²) in [7, 11) is 0. The number of nitrogen functional groups attached to an aromatic ring is 1. The van der Waals surface area contributed by atoms with Crippen LogP contribution in [-0.4, -0.2) is 4.98 Å². The molecule has 88 valence electrons. The lowest BCUT2D eigenvalue weighted by atomic mass is 10.2. The topological polar surface area (TPSA) is 50.9 Å². The van der Waals surface area contributed by atoms with Gasteiger partial charge in [0.25, 0.3) is 0 Å². The van der Waals surface area contributed by atoms with E-state index in [9.17, 15) is 0 Å². The van der Waals surface area contributed by atoms with Crippen molar-refractivity contribution in [3.63, 3.8) is 0 Å². The Labute approximate surface area is 102 Å². The number of anilines is 2. The molecule has 0 amide bonds. The lowest BCUT2D eigenvalue weighted by Crippen LogP contribution is -2.04. The van der Waals surface area contributed by atoms with Crippen molar-refractivity contribution in [2.45, 2.75) is 20.4 Å². The first-order chi connectivity index (χ1) is 8.16. The molecule has 17 heavy (non-hydrogen) atoms. The van der Waals surface area contributed by atoms with Crippen molar-refractivity contribution < 1.29 is 0 Å². The van der Waals surface area contributed by atoms with E-state index in [1.165, 1.54) is 0 Å². The minimum atomic E-state index is 0.720. The zero-order valence-corrected chi connectivity index (χ0v) is 10.2. The molecule has 0 unspecified atom stereocenters. The molecule has 1 aromatic heterocycles. The number of nitrogens with one attached hydrogen (secondary N) is 1. The van der Waals surface area contributed by atoms with Crippen LogP contribution in [0.25, 0.3) is 0 Å². The summed E-state index contributed by atoms with van der Waals surface area (Å²) in [5.41, 5.74) is 10.9. The Hall–Kier alpha value is -2.03. The zero-order valence-electron chi connectivity index (χ0n) is 10.2. The zero-order chi connectivity index (χ0) is 12.3. The number of aryl methyl sites for hydroxylation is 2. The molecule has 2 aromatic rings. The Kier molecular flexibility index (Phi) is 3.28. The quantitative estimate of drug-likeness (QED) is 0.793. The average Bonchev–Trinajstić information content (AvgIpc) is 2.30. The van der Waals surface area contributed by atoms with Crippen LogP contribution < -0.4 is 11.1 Å². The summed E-state index contributed by atoms with van der Waals surface area (Å²) >= 11 is 0. The summed E-state index contributed by atoms with van der Waals surface area (Å²) in [5.74, 6) is 0. The van der Waals surface area contributed by atoms with Gasteiger partial charge >= 0.3 is 0 Å². The van der Waals surface area contributed by atoms with Gasteiger partial charge in [-0.2, -0.15) is 0 Å². The number of nitrogens with zero attached hydrogens (tertiary/aromatic N) is 1. The fourth-order valence-corrected chi connectivity index (χ4v) is 1.76. The third kappa shape index (κ3) is 2.75. The molecule has 2 rings (SSSR count). The lowest BCUT2D eigenvalue weighted by molar-refractivity contribution is 1.08. The molecular weight excluding hydrogens is 210 g/mol. The normalized spacial score (nSPS) is 10.2. The van der Waals surface area contributed by atoms with Gasteiger partial charge in [-0.05, 0) is 37.6 Å². The maximum Gasteiger partial charge on any atom is 0.0606 e. The van der Waals surface area contributed by atoms with E-state index >= 15 is 0 Å². The Bertz CT molecular complexity index is 521. The summed E-state index contributed by atoms with van der Waals surface area (Å²) < 4.78 is 0. The second-order valence-electron chi connectivity index (χ2n) is 4.14. The van der Waals surface area contributed by atoms with Crippen LogP contribution in [0, 0.1) is 13.8 Å². The Morgan fingerprint density at radius 1 is 1.12 bits per heavy atom. The van der Waals surface area contributed by atoms with Gasteiger partial charge in [0.1, 0.15) is 0 Å². The number of hydrogen-bond donors (Lipinski definition) is 2. The van der Waals surface area contributed by atoms with E-state index in [4.69, 9.17) is 5.73 Å². The SMILES string of the molecule is Cc1ccc(NCc2ccccc2N)c(C)n1. The van der Waals surface area contributed by atoms with Gasteiger partial charge in [0.2, 0.25) is 0 Å². The van der Waals surface area contributed by atoms with E-state index in [-0.39, 0.29) is 0 Å². The number of para-hydroxylation sites is 1. The number of pyridine rings is 1. The molecule has 0 aliphatic heterocycles. The van der Waals surface area contributed by atoms with Gasteiger partial charge in [-0.1, -0.05) is 18.2 Å². The highest BCUT2D eigenvalue weighted by Gasteiger charge is 2.01. The number of nitrogens with two attached hydrogens (primary N) is 1. The van der Waals surface area contributed by atoms with Gasteiger partial charge in [0.15, 0.2) is 0 Å². The monoisotopic (exact) mass is 227 g/mol. The van der Waals surface area contributed by atoms with Crippen molar-refractivity contribution in [1.82, 2.24) is 4.98 Å². The van der Waals surface area contributed by atoms with Gasteiger partial charge < -0.3 is 11.1 Å². The standard InChI is InChI=1S/C14H17N3/c1-10-7-8-14(11(2)17-10)16-9-12-5-3-4-6-13(12)15/h3-8,16H,9,15H2,1-2H3. The van der Waals surface area contributed by atoms with E-state index in [1.807, 2.05) is 44.2 Å². The molecule has 3 nitrogen and oxygen atoms in total. The molecule has 3 N–H and O–H groups in total. The highest BCUT2D eigenvalue weighted by molar-refractivity contribution is 5.52. The van der Waals surface area contributed by atoms with Crippen LogP contribution in [0.1, 0.15) is 17.0 Å². The number of aromatic nitrogens is 1. The van der Waals surface area contributed by atoms with Crippen molar-refractivity contribution in [1.29, 1.82) is 0 Å². The largest absolute Gasteiger partial charge is 0.398 e. The molecule has 0 saturated heterocycles. The van der Waals surface area contributed by atoms with Gasteiger partial charge in [0, 0.05) is 17.9 Å². The third-order valence-electron chi connectivity index (χ3n) is 2.75. The van der Waals surface area contributed by atoms with Crippen molar-refractivity contribution in [3.8, 4) is 0 Å². The molecule has 0 bridgehead atoms.